The molecule has 1 atom stereocenters. The lowest BCUT2D eigenvalue weighted by atomic mass is 9.88. The van der Waals surface area contributed by atoms with Gasteiger partial charge in [-0.1, -0.05) is 42.5 Å². The summed E-state index contributed by atoms with van der Waals surface area (Å²) in [6.07, 6.45) is 1.60. The molecule has 0 radical (unpaired) electrons. The Bertz CT molecular complexity index is 728. The van der Waals surface area contributed by atoms with Crippen molar-refractivity contribution in [3.8, 4) is 0 Å². The van der Waals surface area contributed by atoms with Gasteiger partial charge in [-0.25, -0.2) is 0 Å². The first-order valence-corrected chi connectivity index (χ1v) is 7.79. The molecule has 2 aromatic carbocycles. The molecule has 2 aromatic rings. The summed E-state index contributed by atoms with van der Waals surface area (Å²) in [5, 5.41) is 5.45. The highest BCUT2D eigenvalue weighted by Crippen LogP contribution is 2.30. The molecule has 0 saturated heterocycles. The van der Waals surface area contributed by atoms with Gasteiger partial charge in [-0.2, -0.15) is 0 Å². The lowest BCUT2D eigenvalue weighted by molar-refractivity contribution is -0.128. The van der Waals surface area contributed by atoms with Crippen LogP contribution >= 0.6 is 0 Å². The maximum Gasteiger partial charge on any atom is 0.224 e. The number of benzene rings is 2. The van der Waals surface area contributed by atoms with Crippen molar-refractivity contribution in [2.45, 2.75) is 38.6 Å². The Morgan fingerprint density at radius 1 is 1.14 bits per heavy atom. The van der Waals surface area contributed by atoms with E-state index in [1.165, 1.54) is 5.39 Å². The van der Waals surface area contributed by atoms with Crippen LogP contribution in [0, 0.1) is 5.92 Å². The number of nitrogens with one attached hydrogen (secondary N) is 1. The van der Waals surface area contributed by atoms with Crippen molar-refractivity contribution in [1.82, 2.24) is 5.32 Å². The summed E-state index contributed by atoms with van der Waals surface area (Å²) in [6.45, 7) is 4.03. The van der Waals surface area contributed by atoms with Crippen molar-refractivity contribution in [3.05, 3.63) is 48.0 Å². The van der Waals surface area contributed by atoms with Crippen molar-refractivity contribution in [3.63, 3.8) is 0 Å². The predicted octanol–water partition coefficient (Wildman–Crippen LogP) is 3.56. The van der Waals surface area contributed by atoms with E-state index >= 15 is 0 Å². The molecular formula is C19H21NO2. The zero-order valence-corrected chi connectivity index (χ0v) is 13.1. The van der Waals surface area contributed by atoms with Gasteiger partial charge in [-0.15, -0.1) is 0 Å². The molecule has 1 aliphatic rings. The number of amides is 1. The number of hydrogen-bond acceptors (Lipinski definition) is 2. The van der Waals surface area contributed by atoms with E-state index in [2.05, 4.69) is 29.6 Å². The minimum Gasteiger partial charge on any atom is -0.347 e. The lowest BCUT2D eigenvalue weighted by Gasteiger charge is -2.29. The van der Waals surface area contributed by atoms with Crippen LogP contribution in [0.2, 0.25) is 0 Å². The van der Waals surface area contributed by atoms with E-state index in [0.29, 0.717) is 19.3 Å². The number of fused-ring (bicyclic) bond motifs is 1. The molecule has 1 saturated carbocycles. The summed E-state index contributed by atoms with van der Waals surface area (Å²) >= 11 is 0. The van der Waals surface area contributed by atoms with Gasteiger partial charge in [0, 0.05) is 18.8 Å². The van der Waals surface area contributed by atoms with Crippen molar-refractivity contribution in [1.29, 1.82) is 0 Å². The Balaban J connectivity index is 1.88. The summed E-state index contributed by atoms with van der Waals surface area (Å²) in [6, 6.07) is 14.3. The molecule has 0 aliphatic heterocycles. The van der Waals surface area contributed by atoms with Crippen molar-refractivity contribution in [2.24, 2.45) is 5.92 Å². The first-order chi connectivity index (χ1) is 10.5. The molecule has 1 fully saturated rings. The first kappa shape index (κ1) is 14.8. The quantitative estimate of drug-likeness (QED) is 0.941. The molecular weight excluding hydrogens is 274 g/mol. The number of ketones is 1. The van der Waals surface area contributed by atoms with Crippen LogP contribution in [0.4, 0.5) is 0 Å². The molecule has 1 aliphatic carbocycles. The first-order valence-electron chi connectivity index (χ1n) is 7.79. The lowest BCUT2D eigenvalue weighted by Crippen LogP contribution is -2.43. The summed E-state index contributed by atoms with van der Waals surface area (Å²) in [4.78, 5) is 23.8. The predicted molar refractivity (Wildman–Crippen MR) is 87.5 cm³/mol. The Labute approximate surface area is 130 Å². The molecule has 0 heterocycles. The number of carbonyl (C=O) groups excluding carboxylic acids is 2. The van der Waals surface area contributed by atoms with Gasteiger partial charge in [0.25, 0.3) is 0 Å². The van der Waals surface area contributed by atoms with Crippen LogP contribution in [-0.2, 0) is 15.1 Å². The molecule has 3 nitrogen and oxygen atoms in total. The Morgan fingerprint density at radius 2 is 1.86 bits per heavy atom. The molecule has 22 heavy (non-hydrogen) atoms. The highest BCUT2D eigenvalue weighted by Gasteiger charge is 2.32. The van der Waals surface area contributed by atoms with Crippen LogP contribution in [0.15, 0.2) is 42.5 Å². The molecule has 0 aromatic heterocycles. The Hall–Kier alpha value is -2.16. The van der Waals surface area contributed by atoms with Crippen LogP contribution in [0.25, 0.3) is 10.8 Å². The van der Waals surface area contributed by atoms with Gasteiger partial charge >= 0.3 is 0 Å². The molecule has 114 valence electrons. The standard InChI is InChI=1S/C19H21NO2/c1-19(2,20-18(22)14-10-11-15(21)12-14)17-9-5-7-13-6-3-4-8-16(13)17/h3-9,14H,10-12H2,1-2H3,(H,20,22). The molecule has 1 amide bonds. The summed E-state index contributed by atoms with van der Waals surface area (Å²) in [5.74, 6) is 0.0219. The average molecular weight is 295 g/mol. The summed E-state index contributed by atoms with van der Waals surface area (Å²) in [7, 11) is 0. The number of rotatable bonds is 3. The second-order valence-corrected chi connectivity index (χ2v) is 6.62. The van der Waals surface area contributed by atoms with E-state index in [1.807, 2.05) is 32.0 Å². The zero-order valence-electron chi connectivity index (χ0n) is 13.1. The maximum absolute atomic E-state index is 12.5. The monoisotopic (exact) mass is 295 g/mol. The van der Waals surface area contributed by atoms with Crippen LogP contribution in [-0.4, -0.2) is 11.7 Å². The van der Waals surface area contributed by atoms with Crippen LogP contribution in [0.1, 0.15) is 38.7 Å². The van der Waals surface area contributed by atoms with Crippen molar-refractivity contribution >= 4 is 22.5 Å². The van der Waals surface area contributed by atoms with E-state index < -0.39 is 5.54 Å². The number of hydrogen-bond donors (Lipinski definition) is 1. The second kappa shape index (κ2) is 5.56. The average Bonchev–Trinajstić information content (AvgIpc) is 2.93. The topological polar surface area (TPSA) is 46.2 Å². The number of carbonyl (C=O) groups is 2. The normalized spacial score (nSPS) is 18.6. The largest absolute Gasteiger partial charge is 0.347 e. The van der Waals surface area contributed by atoms with Gasteiger partial charge in [-0.05, 0) is 36.6 Å². The Morgan fingerprint density at radius 3 is 2.59 bits per heavy atom. The molecule has 3 rings (SSSR count). The fraction of sp³-hybridized carbons (Fsp3) is 0.368. The second-order valence-electron chi connectivity index (χ2n) is 6.62. The minimum atomic E-state index is -0.469. The number of Topliss-reactive ketones (excluding diaryl/α,β-unsaturated/α-hetero) is 1. The van der Waals surface area contributed by atoms with Crippen LogP contribution in [0.5, 0.6) is 0 Å². The molecule has 0 spiro atoms. The fourth-order valence-electron chi connectivity index (χ4n) is 3.29. The molecule has 3 heteroatoms. The van der Waals surface area contributed by atoms with Crippen LogP contribution in [0.3, 0.4) is 0 Å². The zero-order chi connectivity index (χ0) is 15.7. The maximum atomic E-state index is 12.5. The molecule has 0 bridgehead atoms. The van der Waals surface area contributed by atoms with Gasteiger partial charge in [0.15, 0.2) is 0 Å². The third-order valence-electron chi connectivity index (χ3n) is 4.52. The van der Waals surface area contributed by atoms with Gasteiger partial charge in [-0.3, -0.25) is 9.59 Å². The minimum absolute atomic E-state index is 0.0104. The fourth-order valence-corrected chi connectivity index (χ4v) is 3.29. The molecule has 1 N–H and O–H groups in total. The van der Waals surface area contributed by atoms with E-state index in [1.54, 1.807) is 0 Å². The highest BCUT2D eigenvalue weighted by molar-refractivity contribution is 5.91. The Kier molecular flexibility index (Phi) is 3.73. The molecule has 1 unspecified atom stereocenters. The smallest absolute Gasteiger partial charge is 0.224 e. The third-order valence-corrected chi connectivity index (χ3v) is 4.52. The third kappa shape index (κ3) is 2.76. The SMILES string of the molecule is CC(C)(NC(=O)C1CCC(=O)C1)c1cccc2ccccc12. The van der Waals surface area contributed by atoms with Gasteiger partial charge in [0.05, 0.1) is 5.54 Å². The van der Waals surface area contributed by atoms with Gasteiger partial charge in [0.2, 0.25) is 5.91 Å². The van der Waals surface area contributed by atoms with E-state index in [-0.39, 0.29) is 17.6 Å². The van der Waals surface area contributed by atoms with Gasteiger partial charge in [0.1, 0.15) is 5.78 Å². The van der Waals surface area contributed by atoms with E-state index in [9.17, 15) is 9.59 Å². The summed E-state index contributed by atoms with van der Waals surface area (Å²) < 4.78 is 0. The van der Waals surface area contributed by atoms with Crippen molar-refractivity contribution in [2.75, 3.05) is 0 Å². The van der Waals surface area contributed by atoms with E-state index in [4.69, 9.17) is 0 Å². The van der Waals surface area contributed by atoms with Gasteiger partial charge < -0.3 is 5.32 Å². The highest BCUT2D eigenvalue weighted by atomic mass is 16.2. The van der Waals surface area contributed by atoms with E-state index in [0.717, 1.165) is 10.9 Å². The van der Waals surface area contributed by atoms with Crippen molar-refractivity contribution < 1.29 is 9.59 Å². The van der Waals surface area contributed by atoms with Crippen LogP contribution < -0.4 is 5.32 Å². The summed E-state index contributed by atoms with van der Waals surface area (Å²) in [5.41, 5.74) is 0.632.